The molecule has 138 valence electrons. The van der Waals surface area contributed by atoms with E-state index in [-0.39, 0.29) is 17.7 Å². The minimum atomic E-state index is -0.464. The van der Waals surface area contributed by atoms with Crippen LogP contribution in [0.25, 0.3) is 0 Å². The average Bonchev–Trinajstić information content (AvgIpc) is 3.32. The number of nitrogens with two attached hydrogens (primary N) is 1. The van der Waals surface area contributed by atoms with Crippen LogP contribution in [0.15, 0.2) is 34.9 Å². The lowest BCUT2D eigenvalue weighted by atomic mass is 10.1. The normalized spacial score (nSPS) is 16.4. The molecule has 8 nitrogen and oxygen atoms in total. The molecular weight excluding hydrogens is 338 g/mol. The van der Waals surface area contributed by atoms with Crippen molar-refractivity contribution < 1.29 is 23.5 Å². The van der Waals surface area contributed by atoms with Crippen LogP contribution in [0.5, 0.6) is 11.5 Å². The summed E-state index contributed by atoms with van der Waals surface area (Å²) >= 11 is 0. The first-order valence-corrected chi connectivity index (χ1v) is 8.19. The third-order valence-corrected chi connectivity index (χ3v) is 4.26. The first-order chi connectivity index (χ1) is 12.5. The summed E-state index contributed by atoms with van der Waals surface area (Å²) in [6.45, 7) is 1.04. The molecule has 0 unspecified atom stereocenters. The van der Waals surface area contributed by atoms with Gasteiger partial charge in [-0.1, -0.05) is 0 Å². The fourth-order valence-corrected chi connectivity index (χ4v) is 2.89. The van der Waals surface area contributed by atoms with E-state index in [0.29, 0.717) is 35.8 Å². The van der Waals surface area contributed by atoms with Gasteiger partial charge in [-0.15, -0.1) is 0 Å². The number of anilines is 1. The van der Waals surface area contributed by atoms with Gasteiger partial charge in [-0.05, 0) is 24.6 Å². The number of rotatable bonds is 5. The molecule has 2 aromatic rings. The largest absolute Gasteiger partial charge is 0.493 e. The average molecular weight is 359 g/mol. The summed E-state index contributed by atoms with van der Waals surface area (Å²) in [6.07, 6.45) is 2.15. The molecule has 2 amide bonds. The summed E-state index contributed by atoms with van der Waals surface area (Å²) in [5, 5.41) is 2.71. The van der Waals surface area contributed by atoms with E-state index < -0.39 is 5.91 Å². The van der Waals surface area contributed by atoms with Crippen LogP contribution in [0.4, 0.5) is 5.69 Å². The predicted molar refractivity (Wildman–Crippen MR) is 94.7 cm³/mol. The maximum absolute atomic E-state index is 12.9. The number of hydrogen-bond donors (Lipinski definition) is 2. The zero-order chi connectivity index (χ0) is 18.7. The molecular formula is C18H21N3O5. The second-order valence-corrected chi connectivity index (χ2v) is 5.98. The molecule has 8 heteroatoms. The number of furan rings is 1. The number of methoxy groups -OCH3 is 2. The number of benzene rings is 1. The highest BCUT2D eigenvalue weighted by Crippen LogP contribution is 2.34. The third-order valence-electron chi connectivity index (χ3n) is 4.26. The Morgan fingerprint density at radius 2 is 2.00 bits per heavy atom. The summed E-state index contributed by atoms with van der Waals surface area (Å²) in [4.78, 5) is 27.0. The lowest BCUT2D eigenvalue weighted by molar-refractivity contribution is 0.0791. The van der Waals surface area contributed by atoms with Gasteiger partial charge in [0.25, 0.3) is 11.8 Å². The van der Waals surface area contributed by atoms with Crippen molar-refractivity contribution in [3.05, 3.63) is 41.9 Å². The van der Waals surface area contributed by atoms with Crippen LogP contribution in [-0.2, 0) is 0 Å². The number of amides is 2. The SMILES string of the molecule is COc1cc(NC(=O)c2ccco2)c(C(=O)N2CC[C@@H](N)C2)cc1OC. The van der Waals surface area contributed by atoms with Gasteiger partial charge in [0.1, 0.15) is 0 Å². The van der Waals surface area contributed by atoms with Gasteiger partial charge in [0.15, 0.2) is 17.3 Å². The highest BCUT2D eigenvalue weighted by molar-refractivity contribution is 6.08. The quantitative estimate of drug-likeness (QED) is 0.842. The van der Waals surface area contributed by atoms with Crippen molar-refractivity contribution in [3.63, 3.8) is 0 Å². The first kappa shape index (κ1) is 17.8. The Labute approximate surface area is 150 Å². The number of ether oxygens (including phenoxy) is 2. The Hall–Kier alpha value is -3.00. The zero-order valence-electron chi connectivity index (χ0n) is 14.7. The summed E-state index contributed by atoms with van der Waals surface area (Å²) in [6, 6.07) is 6.23. The Morgan fingerprint density at radius 3 is 2.58 bits per heavy atom. The first-order valence-electron chi connectivity index (χ1n) is 8.19. The molecule has 26 heavy (non-hydrogen) atoms. The van der Waals surface area contributed by atoms with E-state index in [1.54, 1.807) is 23.1 Å². The van der Waals surface area contributed by atoms with E-state index in [2.05, 4.69) is 5.32 Å². The predicted octanol–water partition coefficient (Wildman–Crippen LogP) is 1.72. The van der Waals surface area contributed by atoms with Crippen LogP contribution in [0.3, 0.4) is 0 Å². The molecule has 1 saturated heterocycles. The molecule has 3 rings (SSSR count). The van der Waals surface area contributed by atoms with E-state index in [9.17, 15) is 9.59 Å². The van der Waals surface area contributed by atoms with Crippen molar-refractivity contribution in [1.29, 1.82) is 0 Å². The zero-order valence-corrected chi connectivity index (χ0v) is 14.7. The molecule has 0 bridgehead atoms. The van der Waals surface area contributed by atoms with Gasteiger partial charge in [-0.3, -0.25) is 9.59 Å². The molecule has 2 heterocycles. The van der Waals surface area contributed by atoms with E-state index >= 15 is 0 Å². The number of nitrogens with one attached hydrogen (secondary N) is 1. The molecule has 1 aliphatic rings. The molecule has 1 fully saturated rings. The minimum absolute atomic E-state index is 0.0414. The van der Waals surface area contributed by atoms with Gasteiger partial charge < -0.3 is 29.8 Å². The molecule has 1 aromatic carbocycles. The van der Waals surface area contributed by atoms with Crippen molar-refractivity contribution >= 4 is 17.5 Å². The maximum Gasteiger partial charge on any atom is 0.291 e. The van der Waals surface area contributed by atoms with Gasteiger partial charge in [-0.25, -0.2) is 0 Å². The highest BCUT2D eigenvalue weighted by Gasteiger charge is 2.28. The Morgan fingerprint density at radius 1 is 1.27 bits per heavy atom. The summed E-state index contributed by atoms with van der Waals surface area (Å²) < 4.78 is 15.7. The van der Waals surface area contributed by atoms with Crippen LogP contribution < -0.4 is 20.5 Å². The molecule has 3 N–H and O–H groups in total. The monoisotopic (exact) mass is 359 g/mol. The van der Waals surface area contributed by atoms with Crippen molar-refractivity contribution in [3.8, 4) is 11.5 Å². The molecule has 0 aliphatic carbocycles. The number of hydrogen-bond acceptors (Lipinski definition) is 6. The van der Waals surface area contributed by atoms with Gasteiger partial charge in [0.2, 0.25) is 0 Å². The molecule has 0 spiro atoms. The molecule has 1 aromatic heterocycles. The summed E-state index contributed by atoms with van der Waals surface area (Å²) in [7, 11) is 2.97. The standard InChI is InChI=1S/C18H21N3O5/c1-24-15-8-12(18(23)21-6-5-11(19)10-21)13(9-16(15)25-2)20-17(22)14-4-3-7-26-14/h3-4,7-9,11H,5-6,10,19H2,1-2H3,(H,20,22)/t11-/m1/s1. The lowest BCUT2D eigenvalue weighted by Crippen LogP contribution is -2.32. The van der Waals surface area contributed by atoms with Crippen LogP contribution >= 0.6 is 0 Å². The number of nitrogens with zero attached hydrogens (tertiary/aromatic N) is 1. The number of carbonyl (C=O) groups excluding carboxylic acids is 2. The second-order valence-electron chi connectivity index (χ2n) is 5.98. The fraction of sp³-hybridized carbons (Fsp3) is 0.333. The second kappa shape index (κ2) is 7.49. The molecule has 1 atom stereocenters. The molecule has 1 aliphatic heterocycles. The number of likely N-dealkylation sites (tertiary alicyclic amines) is 1. The van der Waals surface area contributed by atoms with E-state index in [4.69, 9.17) is 19.6 Å². The summed E-state index contributed by atoms with van der Waals surface area (Å²) in [5.74, 6) is 0.247. The van der Waals surface area contributed by atoms with Crippen LogP contribution in [0.1, 0.15) is 27.3 Å². The topological polar surface area (TPSA) is 107 Å². The molecule has 0 radical (unpaired) electrons. The Balaban J connectivity index is 1.97. The van der Waals surface area contributed by atoms with Crippen molar-refractivity contribution in [1.82, 2.24) is 4.90 Å². The van der Waals surface area contributed by atoms with E-state index in [1.165, 1.54) is 26.5 Å². The lowest BCUT2D eigenvalue weighted by Gasteiger charge is -2.20. The third kappa shape index (κ3) is 3.50. The van der Waals surface area contributed by atoms with Crippen LogP contribution in [-0.4, -0.2) is 50.1 Å². The van der Waals surface area contributed by atoms with Crippen molar-refractivity contribution in [2.45, 2.75) is 12.5 Å². The fourth-order valence-electron chi connectivity index (χ4n) is 2.89. The Bertz CT molecular complexity index is 803. The van der Waals surface area contributed by atoms with Gasteiger partial charge in [0.05, 0.1) is 31.7 Å². The Kier molecular flexibility index (Phi) is 5.13. The van der Waals surface area contributed by atoms with Crippen LogP contribution in [0, 0.1) is 0 Å². The van der Waals surface area contributed by atoms with E-state index in [0.717, 1.165) is 6.42 Å². The van der Waals surface area contributed by atoms with Gasteiger partial charge >= 0.3 is 0 Å². The van der Waals surface area contributed by atoms with Gasteiger partial charge in [-0.2, -0.15) is 0 Å². The minimum Gasteiger partial charge on any atom is -0.493 e. The molecule has 0 saturated carbocycles. The van der Waals surface area contributed by atoms with E-state index in [1.807, 2.05) is 0 Å². The van der Waals surface area contributed by atoms with Crippen molar-refractivity contribution in [2.75, 3.05) is 32.6 Å². The van der Waals surface area contributed by atoms with Crippen LogP contribution in [0.2, 0.25) is 0 Å². The van der Waals surface area contributed by atoms with Gasteiger partial charge in [0, 0.05) is 25.2 Å². The smallest absolute Gasteiger partial charge is 0.291 e. The summed E-state index contributed by atoms with van der Waals surface area (Å²) in [5.41, 5.74) is 6.52. The number of carbonyl (C=O) groups is 2. The van der Waals surface area contributed by atoms with Crippen molar-refractivity contribution in [2.24, 2.45) is 5.73 Å². The highest BCUT2D eigenvalue weighted by atomic mass is 16.5. The maximum atomic E-state index is 12.9.